The molecular weight excluding hydrogens is 214 g/mol. The summed E-state index contributed by atoms with van der Waals surface area (Å²) in [6.45, 7) is 7.74. The Hall–Kier alpha value is -1.48. The highest BCUT2D eigenvalue weighted by atomic mass is 16.5. The smallest absolute Gasteiger partial charge is 0.161 e. The molecule has 1 aromatic carbocycles. The van der Waals surface area contributed by atoms with Gasteiger partial charge in [-0.25, -0.2) is 0 Å². The van der Waals surface area contributed by atoms with Crippen LogP contribution < -0.4 is 14.8 Å². The van der Waals surface area contributed by atoms with E-state index in [1.165, 1.54) is 5.56 Å². The fraction of sp³-hybridized carbons (Fsp3) is 0.429. The highest BCUT2D eigenvalue weighted by Crippen LogP contribution is 2.28. The molecule has 0 aliphatic heterocycles. The van der Waals surface area contributed by atoms with E-state index >= 15 is 0 Å². The quantitative estimate of drug-likeness (QED) is 0.555. The molecule has 1 aromatic rings. The first-order valence-electron chi connectivity index (χ1n) is 5.95. The van der Waals surface area contributed by atoms with E-state index in [2.05, 4.69) is 11.9 Å². The number of benzene rings is 1. The molecule has 0 spiro atoms. The zero-order chi connectivity index (χ0) is 12.5. The molecule has 0 amide bonds. The van der Waals surface area contributed by atoms with Crippen molar-refractivity contribution in [3.05, 3.63) is 36.4 Å². The van der Waals surface area contributed by atoms with Gasteiger partial charge in [-0.1, -0.05) is 12.1 Å². The van der Waals surface area contributed by atoms with Crippen molar-refractivity contribution in [1.29, 1.82) is 0 Å². The summed E-state index contributed by atoms with van der Waals surface area (Å²) >= 11 is 0. The van der Waals surface area contributed by atoms with Crippen LogP contribution in [0.2, 0.25) is 0 Å². The predicted molar refractivity (Wildman–Crippen MR) is 70.7 cm³/mol. The summed E-state index contributed by atoms with van der Waals surface area (Å²) in [5.74, 6) is 1.61. The topological polar surface area (TPSA) is 30.5 Å². The molecule has 1 rings (SSSR count). The van der Waals surface area contributed by atoms with E-state index in [-0.39, 0.29) is 0 Å². The van der Waals surface area contributed by atoms with Gasteiger partial charge in [0.1, 0.15) is 0 Å². The minimum absolute atomic E-state index is 0.634. The van der Waals surface area contributed by atoms with Crippen molar-refractivity contribution in [2.45, 2.75) is 19.9 Å². The number of rotatable bonds is 8. The molecule has 3 nitrogen and oxygen atoms in total. The molecule has 0 aliphatic carbocycles. The SMILES string of the molecule is C=CCCOc1ccc(CNC)cc1OCC. The number of nitrogens with one attached hydrogen (secondary N) is 1. The van der Waals surface area contributed by atoms with Crippen molar-refractivity contribution >= 4 is 0 Å². The van der Waals surface area contributed by atoms with Crippen molar-refractivity contribution in [2.24, 2.45) is 0 Å². The van der Waals surface area contributed by atoms with Gasteiger partial charge in [-0.3, -0.25) is 0 Å². The van der Waals surface area contributed by atoms with Gasteiger partial charge in [0.15, 0.2) is 11.5 Å². The van der Waals surface area contributed by atoms with Gasteiger partial charge < -0.3 is 14.8 Å². The van der Waals surface area contributed by atoms with Crippen LogP contribution in [-0.4, -0.2) is 20.3 Å². The minimum Gasteiger partial charge on any atom is -0.490 e. The number of hydrogen-bond acceptors (Lipinski definition) is 3. The molecule has 0 saturated heterocycles. The average molecular weight is 235 g/mol. The van der Waals surface area contributed by atoms with Crippen LogP contribution in [0.3, 0.4) is 0 Å². The molecule has 0 bridgehead atoms. The Kier molecular flexibility index (Phi) is 6.18. The molecule has 94 valence electrons. The summed E-state index contributed by atoms with van der Waals surface area (Å²) in [6.07, 6.45) is 2.68. The van der Waals surface area contributed by atoms with E-state index in [1.807, 2.05) is 38.2 Å². The van der Waals surface area contributed by atoms with Crippen LogP contribution in [0.15, 0.2) is 30.9 Å². The molecule has 3 heteroatoms. The Morgan fingerprint density at radius 1 is 1.29 bits per heavy atom. The summed E-state index contributed by atoms with van der Waals surface area (Å²) < 4.78 is 11.2. The van der Waals surface area contributed by atoms with Crippen LogP contribution in [0.1, 0.15) is 18.9 Å². The van der Waals surface area contributed by atoms with Gasteiger partial charge >= 0.3 is 0 Å². The van der Waals surface area contributed by atoms with E-state index in [0.717, 1.165) is 24.5 Å². The van der Waals surface area contributed by atoms with Crippen LogP contribution in [0.4, 0.5) is 0 Å². The van der Waals surface area contributed by atoms with Crippen LogP contribution >= 0.6 is 0 Å². The molecule has 0 aliphatic rings. The fourth-order valence-electron chi connectivity index (χ4n) is 1.51. The first kappa shape index (κ1) is 13.6. The highest BCUT2D eigenvalue weighted by molar-refractivity contribution is 5.43. The molecule has 0 fully saturated rings. The van der Waals surface area contributed by atoms with Gasteiger partial charge in [0.2, 0.25) is 0 Å². The lowest BCUT2D eigenvalue weighted by atomic mass is 10.2. The molecule has 0 atom stereocenters. The fourth-order valence-corrected chi connectivity index (χ4v) is 1.51. The van der Waals surface area contributed by atoms with Crippen molar-refractivity contribution in [3.8, 4) is 11.5 Å². The Bertz CT molecular complexity index is 350. The molecule has 0 unspecified atom stereocenters. The summed E-state index contributed by atoms with van der Waals surface area (Å²) in [5.41, 5.74) is 1.19. The maximum atomic E-state index is 5.65. The van der Waals surface area contributed by atoms with Crippen molar-refractivity contribution in [3.63, 3.8) is 0 Å². The third-order valence-corrected chi connectivity index (χ3v) is 2.27. The summed E-state index contributed by atoms with van der Waals surface area (Å²) in [4.78, 5) is 0. The van der Waals surface area contributed by atoms with E-state index in [4.69, 9.17) is 9.47 Å². The lowest BCUT2D eigenvalue weighted by Gasteiger charge is -2.12. The second-order valence-corrected chi connectivity index (χ2v) is 3.67. The second kappa shape index (κ2) is 7.74. The second-order valence-electron chi connectivity index (χ2n) is 3.67. The van der Waals surface area contributed by atoms with Crippen molar-refractivity contribution < 1.29 is 9.47 Å². The molecular formula is C14H21NO2. The van der Waals surface area contributed by atoms with E-state index in [0.29, 0.717) is 13.2 Å². The Labute approximate surface area is 103 Å². The summed E-state index contributed by atoms with van der Waals surface area (Å²) in [6, 6.07) is 6.02. The molecule has 0 aromatic heterocycles. The van der Waals surface area contributed by atoms with Crippen molar-refractivity contribution in [1.82, 2.24) is 5.32 Å². The first-order chi connectivity index (χ1) is 8.31. The van der Waals surface area contributed by atoms with Gasteiger partial charge in [-0.15, -0.1) is 6.58 Å². The molecule has 0 saturated carbocycles. The summed E-state index contributed by atoms with van der Waals surface area (Å²) in [5, 5.41) is 3.12. The molecule has 1 N–H and O–H groups in total. The van der Waals surface area contributed by atoms with E-state index < -0.39 is 0 Å². The Morgan fingerprint density at radius 2 is 2.12 bits per heavy atom. The summed E-state index contributed by atoms with van der Waals surface area (Å²) in [7, 11) is 1.93. The maximum absolute atomic E-state index is 5.65. The Morgan fingerprint density at radius 3 is 2.76 bits per heavy atom. The van der Waals surface area contributed by atoms with Gasteiger partial charge in [-0.05, 0) is 38.1 Å². The largest absolute Gasteiger partial charge is 0.490 e. The highest BCUT2D eigenvalue weighted by Gasteiger charge is 2.05. The minimum atomic E-state index is 0.634. The monoisotopic (exact) mass is 235 g/mol. The molecule has 0 radical (unpaired) electrons. The van der Waals surface area contributed by atoms with Crippen LogP contribution in [0.5, 0.6) is 11.5 Å². The third kappa shape index (κ3) is 4.49. The van der Waals surface area contributed by atoms with Gasteiger partial charge in [-0.2, -0.15) is 0 Å². The van der Waals surface area contributed by atoms with Gasteiger partial charge in [0.25, 0.3) is 0 Å². The number of hydrogen-bond donors (Lipinski definition) is 1. The maximum Gasteiger partial charge on any atom is 0.161 e. The van der Waals surface area contributed by atoms with Gasteiger partial charge in [0.05, 0.1) is 13.2 Å². The predicted octanol–water partition coefficient (Wildman–Crippen LogP) is 2.76. The standard InChI is InChI=1S/C14H21NO2/c1-4-6-9-17-13-8-7-12(11-15-3)10-14(13)16-5-2/h4,7-8,10,15H,1,5-6,9,11H2,2-3H3. The number of ether oxygens (including phenoxy) is 2. The third-order valence-electron chi connectivity index (χ3n) is 2.27. The first-order valence-corrected chi connectivity index (χ1v) is 5.95. The lowest BCUT2D eigenvalue weighted by molar-refractivity contribution is 0.280. The average Bonchev–Trinajstić information content (AvgIpc) is 2.33. The van der Waals surface area contributed by atoms with E-state index in [9.17, 15) is 0 Å². The Balaban J connectivity index is 2.75. The van der Waals surface area contributed by atoms with E-state index in [1.54, 1.807) is 0 Å². The normalized spacial score (nSPS) is 10.0. The zero-order valence-electron chi connectivity index (χ0n) is 10.7. The lowest BCUT2D eigenvalue weighted by Crippen LogP contribution is -2.06. The van der Waals surface area contributed by atoms with Gasteiger partial charge in [0, 0.05) is 6.54 Å². The van der Waals surface area contributed by atoms with Crippen LogP contribution in [0, 0.1) is 0 Å². The zero-order valence-corrected chi connectivity index (χ0v) is 10.7. The van der Waals surface area contributed by atoms with Crippen LogP contribution in [0.25, 0.3) is 0 Å². The van der Waals surface area contributed by atoms with Crippen LogP contribution in [-0.2, 0) is 6.54 Å². The molecule has 0 heterocycles. The van der Waals surface area contributed by atoms with Crippen molar-refractivity contribution in [2.75, 3.05) is 20.3 Å². The molecule has 17 heavy (non-hydrogen) atoms.